The Balaban J connectivity index is 1.82. The van der Waals surface area contributed by atoms with Gasteiger partial charge in [-0.1, -0.05) is 30.3 Å². The Kier molecular flexibility index (Phi) is 2.79. The summed E-state index contributed by atoms with van der Waals surface area (Å²) in [6.45, 7) is 0.607. The van der Waals surface area contributed by atoms with Crippen molar-refractivity contribution < 1.29 is 13.2 Å². The zero-order chi connectivity index (χ0) is 12.8. The molecule has 2 atom stereocenters. The van der Waals surface area contributed by atoms with E-state index in [-0.39, 0.29) is 23.7 Å². The average Bonchev–Trinajstić information content (AvgIpc) is 2.74. The van der Waals surface area contributed by atoms with Crippen LogP contribution in [-0.4, -0.2) is 42.1 Å². The molecule has 0 spiro atoms. The minimum absolute atomic E-state index is 0.0864. The fourth-order valence-electron chi connectivity index (χ4n) is 2.49. The van der Waals surface area contributed by atoms with Gasteiger partial charge >= 0.3 is 0 Å². The molecule has 3 rings (SSSR count). The van der Waals surface area contributed by atoms with E-state index in [0.717, 1.165) is 5.56 Å². The molecule has 4 nitrogen and oxygen atoms in total. The Morgan fingerprint density at radius 1 is 1.28 bits per heavy atom. The Morgan fingerprint density at radius 2 is 2.00 bits per heavy atom. The first-order valence-electron chi connectivity index (χ1n) is 5.77. The Bertz CT molecular complexity index is 570. The number of hydrogen-bond acceptors (Lipinski definition) is 4. The number of hydrogen-bond donors (Lipinski definition) is 0. The van der Waals surface area contributed by atoms with Crippen LogP contribution in [0.1, 0.15) is 5.56 Å². The van der Waals surface area contributed by atoms with E-state index < -0.39 is 9.84 Å². The molecule has 96 valence electrons. The van der Waals surface area contributed by atoms with Crippen LogP contribution in [0.3, 0.4) is 0 Å². The van der Waals surface area contributed by atoms with E-state index in [2.05, 4.69) is 0 Å². The standard InChI is InChI=1S/C12H13NO3S2/c14-18(15)7-10-11(8-18)16-12(17)13(10)6-9-4-2-1-3-5-9/h1-5,10-11H,6-8H2/t10-,11-/m0/s1. The lowest BCUT2D eigenvalue weighted by Gasteiger charge is -2.21. The molecular weight excluding hydrogens is 270 g/mol. The van der Waals surface area contributed by atoms with E-state index in [4.69, 9.17) is 17.0 Å². The average molecular weight is 283 g/mol. The van der Waals surface area contributed by atoms with E-state index in [1.54, 1.807) is 0 Å². The molecular formula is C12H13NO3S2. The summed E-state index contributed by atoms with van der Waals surface area (Å²) >= 11 is 5.18. The molecule has 0 aliphatic carbocycles. The first-order chi connectivity index (χ1) is 8.55. The van der Waals surface area contributed by atoms with Gasteiger partial charge in [-0.15, -0.1) is 0 Å². The number of ether oxygens (including phenoxy) is 1. The molecule has 1 aromatic carbocycles. The Labute approximate surface area is 111 Å². The molecule has 2 saturated heterocycles. The van der Waals surface area contributed by atoms with Crippen molar-refractivity contribution in [3.05, 3.63) is 35.9 Å². The van der Waals surface area contributed by atoms with Crippen molar-refractivity contribution in [3.63, 3.8) is 0 Å². The van der Waals surface area contributed by atoms with Gasteiger partial charge < -0.3 is 9.64 Å². The molecule has 0 bridgehead atoms. The monoisotopic (exact) mass is 283 g/mol. The molecule has 1 aromatic rings. The van der Waals surface area contributed by atoms with Crippen molar-refractivity contribution in [2.24, 2.45) is 0 Å². The summed E-state index contributed by atoms with van der Waals surface area (Å²) in [7, 11) is -2.98. The summed E-state index contributed by atoms with van der Waals surface area (Å²) < 4.78 is 28.7. The van der Waals surface area contributed by atoms with Crippen molar-refractivity contribution >= 4 is 27.2 Å². The lowest BCUT2D eigenvalue weighted by atomic mass is 10.1. The Hall–Kier alpha value is -1.14. The molecule has 18 heavy (non-hydrogen) atoms. The van der Waals surface area contributed by atoms with Gasteiger partial charge in [0.25, 0.3) is 5.17 Å². The molecule has 6 heteroatoms. The number of thiocarbonyl (C=S) groups is 1. The van der Waals surface area contributed by atoms with E-state index in [1.165, 1.54) is 0 Å². The van der Waals surface area contributed by atoms with Crippen molar-refractivity contribution in [1.29, 1.82) is 0 Å². The van der Waals surface area contributed by atoms with E-state index in [1.807, 2.05) is 35.2 Å². The van der Waals surface area contributed by atoms with Crippen molar-refractivity contribution in [2.75, 3.05) is 11.5 Å². The second-order valence-electron chi connectivity index (χ2n) is 4.68. The summed E-state index contributed by atoms with van der Waals surface area (Å²) in [6, 6.07) is 9.74. The van der Waals surface area contributed by atoms with Gasteiger partial charge in [0.1, 0.15) is 6.10 Å². The van der Waals surface area contributed by atoms with Gasteiger partial charge in [0, 0.05) is 6.54 Å². The first-order valence-corrected chi connectivity index (χ1v) is 8.00. The van der Waals surface area contributed by atoms with E-state index in [0.29, 0.717) is 11.7 Å². The Morgan fingerprint density at radius 3 is 2.72 bits per heavy atom. The molecule has 2 heterocycles. The van der Waals surface area contributed by atoms with Crippen LogP contribution in [0.4, 0.5) is 0 Å². The van der Waals surface area contributed by atoms with Crippen LogP contribution in [-0.2, 0) is 21.1 Å². The number of fused-ring (bicyclic) bond motifs is 1. The zero-order valence-corrected chi connectivity index (χ0v) is 11.3. The predicted molar refractivity (Wildman–Crippen MR) is 71.9 cm³/mol. The topological polar surface area (TPSA) is 46.6 Å². The highest BCUT2D eigenvalue weighted by atomic mass is 32.2. The minimum Gasteiger partial charge on any atom is -0.464 e. The highest BCUT2D eigenvalue weighted by Gasteiger charge is 2.48. The number of sulfone groups is 1. The third-order valence-corrected chi connectivity index (χ3v) is 5.37. The molecule has 2 aliphatic rings. The minimum atomic E-state index is -2.98. The van der Waals surface area contributed by atoms with Gasteiger partial charge in [0.15, 0.2) is 9.84 Å². The molecule has 0 saturated carbocycles. The van der Waals surface area contributed by atoms with Gasteiger partial charge in [-0.3, -0.25) is 0 Å². The quantitative estimate of drug-likeness (QED) is 0.757. The first kappa shape index (κ1) is 11.9. The maximum Gasteiger partial charge on any atom is 0.260 e. The lowest BCUT2D eigenvalue weighted by molar-refractivity contribution is 0.232. The molecule has 0 unspecified atom stereocenters. The molecule has 0 amide bonds. The van der Waals surface area contributed by atoms with Crippen LogP contribution in [0.2, 0.25) is 0 Å². The molecule has 0 radical (unpaired) electrons. The van der Waals surface area contributed by atoms with Crippen LogP contribution in [0.15, 0.2) is 30.3 Å². The maximum atomic E-state index is 11.6. The number of benzene rings is 1. The predicted octanol–water partition coefficient (Wildman–Crippen LogP) is 0.969. The van der Waals surface area contributed by atoms with Crippen LogP contribution >= 0.6 is 12.2 Å². The van der Waals surface area contributed by atoms with E-state index in [9.17, 15) is 8.42 Å². The van der Waals surface area contributed by atoms with Crippen molar-refractivity contribution in [3.8, 4) is 0 Å². The maximum absolute atomic E-state index is 11.6. The highest BCUT2D eigenvalue weighted by Crippen LogP contribution is 2.29. The lowest BCUT2D eigenvalue weighted by Crippen LogP contribution is -2.36. The highest BCUT2D eigenvalue weighted by molar-refractivity contribution is 7.91. The third kappa shape index (κ3) is 2.10. The molecule has 2 aliphatic heterocycles. The van der Waals surface area contributed by atoms with E-state index >= 15 is 0 Å². The van der Waals surface area contributed by atoms with Gasteiger partial charge in [0.05, 0.1) is 17.5 Å². The second-order valence-corrected chi connectivity index (χ2v) is 7.18. The largest absolute Gasteiger partial charge is 0.464 e. The fourth-order valence-corrected chi connectivity index (χ4v) is 4.66. The summed E-state index contributed by atoms with van der Waals surface area (Å²) in [4.78, 5) is 1.89. The summed E-state index contributed by atoms with van der Waals surface area (Å²) in [6.07, 6.45) is -0.286. The van der Waals surface area contributed by atoms with Gasteiger partial charge in [-0.05, 0) is 17.8 Å². The zero-order valence-electron chi connectivity index (χ0n) is 9.65. The normalized spacial score (nSPS) is 29.1. The van der Waals surface area contributed by atoms with Crippen molar-refractivity contribution in [2.45, 2.75) is 18.7 Å². The van der Waals surface area contributed by atoms with Crippen molar-refractivity contribution in [1.82, 2.24) is 4.90 Å². The van der Waals surface area contributed by atoms with Gasteiger partial charge in [-0.2, -0.15) is 0 Å². The summed E-state index contributed by atoms with van der Waals surface area (Å²) in [5.74, 6) is 0.230. The number of nitrogens with zero attached hydrogens (tertiary/aromatic N) is 1. The van der Waals surface area contributed by atoms with Gasteiger partial charge in [-0.25, -0.2) is 8.42 Å². The van der Waals surface area contributed by atoms with Crippen LogP contribution in [0.25, 0.3) is 0 Å². The van der Waals surface area contributed by atoms with Crippen LogP contribution in [0.5, 0.6) is 0 Å². The van der Waals surface area contributed by atoms with Crippen LogP contribution < -0.4 is 0 Å². The molecule has 2 fully saturated rings. The smallest absolute Gasteiger partial charge is 0.260 e. The third-order valence-electron chi connectivity index (χ3n) is 3.35. The SMILES string of the molecule is O=S1(=O)C[C@@H]2OC(=S)N(Cc3ccccc3)[C@H]2C1. The van der Waals surface area contributed by atoms with Gasteiger partial charge in [0.2, 0.25) is 0 Å². The summed E-state index contributed by atoms with van der Waals surface area (Å²) in [5.41, 5.74) is 1.10. The van der Waals surface area contributed by atoms with Crippen LogP contribution in [0, 0.1) is 0 Å². The summed E-state index contributed by atoms with van der Waals surface area (Å²) in [5, 5.41) is 0.420. The molecule has 0 aromatic heterocycles. The number of rotatable bonds is 2. The second kappa shape index (κ2) is 4.20. The molecule has 0 N–H and O–H groups in total. The fraction of sp³-hybridized carbons (Fsp3) is 0.417.